The lowest BCUT2D eigenvalue weighted by Crippen LogP contribution is -2.47. The second-order valence-electron chi connectivity index (χ2n) is 7.34. The first kappa shape index (κ1) is 21.3. The summed E-state index contributed by atoms with van der Waals surface area (Å²) in [6, 6.07) is 15.8. The molecule has 2 aromatic carbocycles. The molecule has 0 aliphatic carbocycles. The van der Waals surface area contributed by atoms with E-state index in [1.54, 1.807) is 45.0 Å². The maximum atomic E-state index is 12.8. The van der Waals surface area contributed by atoms with E-state index in [0.29, 0.717) is 18.7 Å². The molecule has 0 spiro atoms. The van der Waals surface area contributed by atoms with Crippen LogP contribution in [-0.4, -0.2) is 30.3 Å². The highest BCUT2D eigenvalue weighted by Gasteiger charge is 2.24. The second kappa shape index (κ2) is 9.78. The highest BCUT2D eigenvalue weighted by Crippen LogP contribution is 2.16. The van der Waals surface area contributed by atoms with Gasteiger partial charge < -0.3 is 20.1 Å². The molecule has 1 atom stereocenters. The summed E-state index contributed by atoms with van der Waals surface area (Å²) in [5.41, 5.74) is 0.912. The molecule has 2 amide bonds. The predicted octanol–water partition coefficient (Wildman–Crippen LogP) is 4.16. The number of nitrogens with one attached hydrogen (secondary N) is 2. The SMILES string of the molecule is CCOc1ccc(NC(=O)C(Cc2ccccc2)NC(=O)OC(C)(C)C)cc1. The van der Waals surface area contributed by atoms with E-state index in [1.807, 2.05) is 37.3 Å². The largest absolute Gasteiger partial charge is 0.494 e. The Kier molecular flexibility index (Phi) is 7.44. The molecule has 0 aliphatic rings. The maximum Gasteiger partial charge on any atom is 0.408 e. The van der Waals surface area contributed by atoms with E-state index in [0.717, 1.165) is 11.3 Å². The lowest BCUT2D eigenvalue weighted by molar-refractivity contribution is -0.118. The molecule has 0 bridgehead atoms. The van der Waals surface area contributed by atoms with Gasteiger partial charge in [0.1, 0.15) is 17.4 Å². The first-order valence-corrected chi connectivity index (χ1v) is 9.34. The van der Waals surface area contributed by atoms with Crippen LogP contribution in [0.15, 0.2) is 54.6 Å². The van der Waals surface area contributed by atoms with Crippen LogP contribution in [0.3, 0.4) is 0 Å². The number of rotatable bonds is 7. The quantitative estimate of drug-likeness (QED) is 0.751. The molecule has 6 heteroatoms. The van der Waals surface area contributed by atoms with Crippen molar-refractivity contribution in [2.45, 2.75) is 45.8 Å². The number of anilines is 1. The Balaban J connectivity index is 2.09. The Morgan fingerprint density at radius 2 is 1.64 bits per heavy atom. The summed E-state index contributed by atoms with van der Waals surface area (Å²) in [5, 5.41) is 5.51. The predicted molar refractivity (Wildman–Crippen MR) is 110 cm³/mol. The average molecular weight is 384 g/mol. The Labute approximate surface area is 166 Å². The molecule has 0 saturated carbocycles. The van der Waals surface area contributed by atoms with Crippen LogP contribution in [0.1, 0.15) is 33.3 Å². The molecule has 2 aromatic rings. The van der Waals surface area contributed by atoms with E-state index in [9.17, 15) is 9.59 Å². The minimum atomic E-state index is -0.774. The number of alkyl carbamates (subject to hydrolysis) is 1. The van der Waals surface area contributed by atoms with Gasteiger partial charge in [0.25, 0.3) is 0 Å². The summed E-state index contributed by atoms with van der Waals surface area (Å²) < 4.78 is 10.7. The van der Waals surface area contributed by atoms with Gasteiger partial charge in [-0.25, -0.2) is 4.79 Å². The van der Waals surface area contributed by atoms with Crippen LogP contribution in [-0.2, 0) is 16.0 Å². The van der Waals surface area contributed by atoms with Gasteiger partial charge in [0.2, 0.25) is 5.91 Å². The smallest absolute Gasteiger partial charge is 0.408 e. The van der Waals surface area contributed by atoms with E-state index in [1.165, 1.54) is 0 Å². The van der Waals surface area contributed by atoms with Gasteiger partial charge in [0, 0.05) is 12.1 Å². The van der Waals surface area contributed by atoms with E-state index in [-0.39, 0.29) is 5.91 Å². The fraction of sp³-hybridized carbons (Fsp3) is 0.364. The zero-order valence-corrected chi connectivity index (χ0v) is 16.8. The summed E-state index contributed by atoms with van der Waals surface area (Å²) in [5.74, 6) is 0.409. The van der Waals surface area contributed by atoms with Crippen molar-refractivity contribution in [2.24, 2.45) is 0 Å². The Hall–Kier alpha value is -3.02. The number of carbonyl (C=O) groups excluding carboxylic acids is 2. The van der Waals surface area contributed by atoms with Crippen molar-refractivity contribution in [2.75, 3.05) is 11.9 Å². The Morgan fingerprint density at radius 1 is 1.00 bits per heavy atom. The molecule has 0 aromatic heterocycles. The zero-order chi connectivity index (χ0) is 20.6. The van der Waals surface area contributed by atoms with Crippen molar-refractivity contribution >= 4 is 17.7 Å². The number of amides is 2. The maximum absolute atomic E-state index is 12.8. The normalized spacial score (nSPS) is 12.0. The molecule has 150 valence electrons. The average Bonchev–Trinajstić information content (AvgIpc) is 2.62. The molecule has 0 heterocycles. The first-order valence-electron chi connectivity index (χ1n) is 9.34. The Morgan fingerprint density at radius 3 is 2.21 bits per heavy atom. The van der Waals surface area contributed by atoms with Crippen LogP contribution in [0.2, 0.25) is 0 Å². The fourth-order valence-electron chi connectivity index (χ4n) is 2.54. The van der Waals surface area contributed by atoms with Crippen molar-refractivity contribution < 1.29 is 19.1 Å². The van der Waals surface area contributed by atoms with Crippen molar-refractivity contribution in [1.29, 1.82) is 0 Å². The van der Waals surface area contributed by atoms with E-state index < -0.39 is 17.7 Å². The van der Waals surface area contributed by atoms with Crippen molar-refractivity contribution in [3.05, 3.63) is 60.2 Å². The lowest BCUT2D eigenvalue weighted by Gasteiger charge is -2.23. The highest BCUT2D eigenvalue weighted by atomic mass is 16.6. The third-order valence-corrected chi connectivity index (χ3v) is 3.72. The van der Waals surface area contributed by atoms with Gasteiger partial charge >= 0.3 is 6.09 Å². The van der Waals surface area contributed by atoms with Crippen LogP contribution in [0.4, 0.5) is 10.5 Å². The summed E-state index contributed by atoms with van der Waals surface area (Å²) in [6.07, 6.45) is -0.279. The van der Waals surface area contributed by atoms with Crippen molar-refractivity contribution in [3.63, 3.8) is 0 Å². The van der Waals surface area contributed by atoms with Crippen LogP contribution in [0, 0.1) is 0 Å². The minimum absolute atomic E-state index is 0.320. The van der Waals surface area contributed by atoms with Crippen LogP contribution in [0.25, 0.3) is 0 Å². The molecular formula is C22H28N2O4. The molecule has 6 nitrogen and oxygen atoms in total. The number of hydrogen-bond donors (Lipinski definition) is 2. The standard InChI is InChI=1S/C22H28N2O4/c1-5-27-18-13-11-17(12-14-18)23-20(25)19(15-16-9-7-6-8-10-16)24-21(26)28-22(2,3)4/h6-14,19H,5,15H2,1-4H3,(H,23,25)(H,24,26). The summed E-state index contributed by atoms with van der Waals surface area (Å²) in [6.45, 7) is 7.81. The van der Waals surface area contributed by atoms with Crippen molar-refractivity contribution in [3.8, 4) is 5.75 Å². The topological polar surface area (TPSA) is 76.7 Å². The zero-order valence-electron chi connectivity index (χ0n) is 16.8. The summed E-state index contributed by atoms with van der Waals surface area (Å²) in [7, 11) is 0. The van der Waals surface area contributed by atoms with Gasteiger partial charge in [-0.05, 0) is 57.5 Å². The third kappa shape index (κ3) is 7.31. The molecule has 2 N–H and O–H groups in total. The molecule has 0 aliphatic heterocycles. The lowest BCUT2D eigenvalue weighted by atomic mass is 10.1. The van der Waals surface area contributed by atoms with Gasteiger partial charge in [-0.2, -0.15) is 0 Å². The van der Waals surface area contributed by atoms with Crippen LogP contribution >= 0.6 is 0 Å². The summed E-state index contributed by atoms with van der Waals surface area (Å²) in [4.78, 5) is 25.0. The molecule has 28 heavy (non-hydrogen) atoms. The molecule has 1 unspecified atom stereocenters. The van der Waals surface area contributed by atoms with Gasteiger partial charge in [0.05, 0.1) is 6.61 Å². The van der Waals surface area contributed by atoms with E-state index in [2.05, 4.69) is 10.6 Å². The van der Waals surface area contributed by atoms with Crippen LogP contribution < -0.4 is 15.4 Å². The number of benzene rings is 2. The van der Waals surface area contributed by atoms with Gasteiger partial charge in [-0.1, -0.05) is 30.3 Å². The first-order chi connectivity index (χ1) is 13.3. The molecule has 0 radical (unpaired) electrons. The third-order valence-electron chi connectivity index (χ3n) is 3.72. The fourth-order valence-corrected chi connectivity index (χ4v) is 2.54. The van der Waals surface area contributed by atoms with E-state index >= 15 is 0 Å². The van der Waals surface area contributed by atoms with Gasteiger partial charge in [-0.3, -0.25) is 4.79 Å². The van der Waals surface area contributed by atoms with Crippen molar-refractivity contribution in [1.82, 2.24) is 5.32 Å². The monoisotopic (exact) mass is 384 g/mol. The van der Waals surface area contributed by atoms with Crippen LogP contribution in [0.5, 0.6) is 5.75 Å². The number of ether oxygens (including phenoxy) is 2. The minimum Gasteiger partial charge on any atom is -0.494 e. The molecule has 0 fully saturated rings. The number of carbonyl (C=O) groups is 2. The van der Waals surface area contributed by atoms with E-state index in [4.69, 9.17) is 9.47 Å². The second-order valence-corrected chi connectivity index (χ2v) is 7.34. The Bertz CT molecular complexity index is 767. The highest BCUT2D eigenvalue weighted by molar-refractivity contribution is 5.96. The molecular weight excluding hydrogens is 356 g/mol. The van der Waals surface area contributed by atoms with Gasteiger partial charge in [0.15, 0.2) is 0 Å². The molecule has 2 rings (SSSR count). The summed E-state index contributed by atoms with van der Waals surface area (Å²) >= 11 is 0. The van der Waals surface area contributed by atoms with Gasteiger partial charge in [-0.15, -0.1) is 0 Å². The molecule has 0 saturated heterocycles. The number of hydrogen-bond acceptors (Lipinski definition) is 4.